The molecule has 0 spiro atoms. The average molecular weight is 742 g/mol. The van der Waals surface area contributed by atoms with E-state index >= 15 is 0 Å². The Labute approximate surface area is 274 Å². The van der Waals surface area contributed by atoms with Crippen molar-refractivity contribution in [2.24, 2.45) is 20.5 Å². The van der Waals surface area contributed by atoms with Crippen LogP contribution in [0.1, 0.15) is 33.1 Å². The SMILES string of the molecule is CC[n+]1ccsc1N=Nc1ccc(NCCCCCNc2ccc(N=Nc3scc[n+]3CC)cc2)cc1.[Cl][Zn-2]([Cl])([Cl])[Cl]. The fraction of sp³-hybridized carbons (Fsp3) is 0.333. The third-order valence-electron chi connectivity index (χ3n) is 5.75. The van der Waals surface area contributed by atoms with Crippen LogP contribution in [0.4, 0.5) is 33.0 Å². The Morgan fingerprint density at radius 3 is 1.36 bits per heavy atom. The quantitative estimate of drug-likeness (QED) is 0.0584. The van der Waals surface area contributed by atoms with Crippen LogP contribution in [-0.2, 0) is 23.9 Å². The zero-order chi connectivity index (χ0) is 30.2. The topological polar surface area (TPSA) is 81.3 Å². The van der Waals surface area contributed by atoms with E-state index in [9.17, 15) is 0 Å². The molecule has 2 N–H and O–H groups in total. The van der Waals surface area contributed by atoms with E-state index in [1.54, 1.807) is 22.7 Å². The average Bonchev–Trinajstić information content (AvgIpc) is 3.63. The van der Waals surface area contributed by atoms with Crippen molar-refractivity contribution < 1.29 is 19.9 Å². The Kier molecular flexibility index (Phi) is 15.6. The molecule has 0 radical (unpaired) electrons. The number of aryl methyl sites for hydroxylation is 2. The number of nitrogens with zero attached hydrogens (tertiary/aromatic N) is 6. The standard InChI is InChI=1S/C27H32N8S2.4ClH.Zn/c1-3-34-18-20-36-26(34)32-30-24-12-8-22(9-13-24)28-16-6-5-7-17-29-23-10-14-25(15-11-23)31-33-27-35(4-2)19-21-37-27;;;;;/h8-15,18-21H,3-7,16-17H2,1-2H3;4*1H;/q;;;;;+2/p-2. The first-order valence-electron chi connectivity index (χ1n) is 13.8. The van der Waals surface area contributed by atoms with Crippen LogP contribution in [-0.4, -0.2) is 13.1 Å². The van der Waals surface area contributed by atoms with Gasteiger partial charge in [-0.3, -0.25) is 0 Å². The van der Waals surface area contributed by atoms with Gasteiger partial charge in [0, 0.05) is 35.2 Å². The molecule has 0 fully saturated rings. The van der Waals surface area contributed by atoms with Crippen molar-refractivity contribution in [1.82, 2.24) is 0 Å². The number of aromatic nitrogens is 2. The monoisotopic (exact) mass is 738 g/mol. The van der Waals surface area contributed by atoms with Crippen molar-refractivity contribution in [3.05, 3.63) is 71.7 Å². The van der Waals surface area contributed by atoms with E-state index in [1.807, 2.05) is 47.4 Å². The molecular weight excluding hydrogens is 708 g/mol. The molecule has 0 atom stereocenters. The number of benzene rings is 2. The van der Waals surface area contributed by atoms with E-state index in [2.05, 4.69) is 78.3 Å². The Morgan fingerprint density at radius 2 is 1.00 bits per heavy atom. The molecule has 0 aliphatic carbocycles. The minimum absolute atomic E-state index is 0.857. The summed E-state index contributed by atoms with van der Waals surface area (Å²) in [4.78, 5) is 0. The molecule has 2 aromatic heterocycles. The Morgan fingerprint density at radius 1 is 0.619 bits per heavy atom. The predicted molar refractivity (Wildman–Crippen MR) is 176 cm³/mol. The van der Waals surface area contributed by atoms with E-state index in [1.165, 1.54) is 0 Å². The summed E-state index contributed by atoms with van der Waals surface area (Å²) in [6.07, 6.45) is 7.47. The molecule has 2 aromatic carbocycles. The van der Waals surface area contributed by atoms with Crippen LogP contribution in [0.25, 0.3) is 0 Å². The molecule has 42 heavy (non-hydrogen) atoms. The van der Waals surface area contributed by atoms with E-state index in [-0.39, 0.29) is 0 Å². The number of rotatable bonds is 14. The van der Waals surface area contributed by atoms with Gasteiger partial charge in [-0.2, -0.15) is 0 Å². The number of halogens is 4. The summed E-state index contributed by atoms with van der Waals surface area (Å²) in [6, 6.07) is 16.2. The number of hydrogen-bond acceptors (Lipinski definition) is 8. The second-order valence-corrected chi connectivity index (χ2v) is 38.4. The number of hydrogen-bond donors (Lipinski definition) is 2. The van der Waals surface area contributed by atoms with Crippen molar-refractivity contribution in [3.63, 3.8) is 0 Å². The van der Waals surface area contributed by atoms with Crippen LogP contribution < -0.4 is 19.8 Å². The van der Waals surface area contributed by atoms with Crippen LogP contribution in [0.15, 0.2) is 92.1 Å². The van der Waals surface area contributed by atoms with Crippen LogP contribution in [0, 0.1) is 0 Å². The van der Waals surface area contributed by atoms with Gasteiger partial charge in [-0.1, -0.05) is 0 Å². The van der Waals surface area contributed by atoms with Crippen LogP contribution >= 0.6 is 61.4 Å². The summed E-state index contributed by atoms with van der Waals surface area (Å²) in [7, 11) is 16.8. The second kappa shape index (κ2) is 18.8. The molecule has 224 valence electrons. The van der Waals surface area contributed by atoms with Crippen LogP contribution in [0.3, 0.4) is 0 Å². The van der Waals surface area contributed by atoms with E-state index < -0.39 is 10.8 Å². The second-order valence-electron chi connectivity index (χ2n) is 8.96. The maximum absolute atomic E-state index is 5.05. The summed E-state index contributed by atoms with van der Waals surface area (Å²) in [5.41, 5.74) is 3.93. The van der Waals surface area contributed by atoms with Gasteiger partial charge in [0.25, 0.3) is 0 Å². The summed E-state index contributed by atoms with van der Waals surface area (Å²) in [5, 5.41) is 30.3. The first-order chi connectivity index (χ1) is 20.2. The van der Waals surface area contributed by atoms with Crippen molar-refractivity contribution in [2.45, 2.75) is 46.2 Å². The first kappa shape index (κ1) is 34.8. The fourth-order valence-corrected chi connectivity index (χ4v) is 5.11. The molecule has 0 aliphatic rings. The Hall–Kier alpha value is -1.72. The minimum atomic E-state index is -3.36. The molecule has 4 aromatic rings. The van der Waals surface area contributed by atoms with Gasteiger partial charge in [0.05, 0.1) is 23.3 Å². The van der Waals surface area contributed by atoms with Gasteiger partial charge < -0.3 is 10.6 Å². The Bertz CT molecular complexity index is 1280. The van der Waals surface area contributed by atoms with E-state index in [0.29, 0.717) is 0 Å². The molecular formula is C27H34Cl4N8S2Zn. The number of unbranched alkanes of at least 4 members (excludes halogenated alkanes) is 2. The van der Waals surface area contributed by atoms with Crippen molar-refractivity contribution >= 4 is 94.5 Å². The van der Waals surface area contributed by atoms with Gasteiger partial charge in [0.1, 0.15) is 23.8 Å². The van der Waals surface area contributed by atoms with Crippen LogP contribution in [0.2, 0.25) is 0 Å². The van der Waals surface area contributed by atoms with Gasteiger partial charge in [0.15, 0.2) is 0 Å². The van der Waals surface area contributed by atoms with Crippen molar-refractivity contribution in [2.75, 3.05) is 23.7 Å². The van der Waals surface area contributed by atoms with Gasteiger partial charge in [-0.05, 0) is 115 Å². The normalized spacial score (nSPS) is 11.6. The molecule has 2 heterocycles. The van der Waals surface area contributed by atoms with Gasteiger partial charge in [-0.15, -0.1) is 0 Å². The first-order valence-corrected chi connectivity index (χ1v) is 31.1. The maximum atomic E-state index is 5.05. The molecule has 0 saturated heterocycles. The number of nitrogens with one attached hydrogen (secondary N) is 2. The molecule has 0 aliphatic heterocycles. The van der Waals surface area contributed by atoms with Gasteiger partial charge >= 0.3 is 59.8 Å². The zero-order valence-corrected chi connectivity index (χ0v) is 31.2. The summed E-state index contributed by atoms with van der Waals surface area (Å²) in [6.45, 7) is 7.90. The van der Waals surface area contributed by atoms with Gasteiger partial charge in [0.2, 0.25) is 0 Å². The third kappa shape index (κ3) is 13.7. The number of azo groups is 2. The van der Waals surface area contributed by atoms with Crippen molar-refractivity contribution in [3.8, 4) is 0 Å². The summed E-state index contributed by atoms with van der Waals surface area (Å²) >= 11 is 3.19. The molecule has 15 heteroatoms. The number of anilines is 2. The van der Waals surface area contributed by atoms with Gasteiger partial charge in [-0.25, -0.2) is 9.13 Å². The van der Waals surface area contributed by atoms with Crippen LogP contribution in [0.5, 0.6) is 0 Å². The Balaban J connectivity index is 0.000000892. The van der Waals surface area contributed by atoms with Crippen molar-refractivity contribution in [1.29, 1.82) is 0 Å². The molecule has 8 nitrogen and oxygen atoms in total. The zero-order valence-electron chi connectivity index (χ0n) is 23.6. The third-order valence-corrected chi connectivity index (χ3v) is 7.32. The molecule has 0 saturated carbocycles. The number of thiazole rings is 2. The molecule has 0 amide bonds. The summed E-state index contributed by atoms with van der Waals surface area (Å²) < 4.78 is 4.16. The molecule has 0 unspecified atom stereocenters. The van der Waals surface area contributed by atoms with E-state index in [0.717, 1.165) is 78.5 Å². The predicted octanol–water partition coefficient (Wildman–Crippen LogP) is 10.7. The molecule has 0 bridgehead atoms. The summed E-state index contributed by atoms with van der Waals surface area (Å²) in [5.74, 6) is 0. The van der Waals surface area contributed by atoms with E-state index in [4.69, 9.17) is 38.8 Å². The fourth-order valence-electron chi connectivity index (χ4n) is 3.62. The molecule has 4 rings (SSSR count).